The Hall–Kier alpha value is -1.09. The maximum absolute atomic E-state index is 11.5. The first-order valence-corrected chi connectivity index (χ1v) is 9.86. The number of esters is 1. The van der Waals surface area contributed by atoms with Crippen LogP contribution in [-0.2, 0) is 9.53 Å². The van der Waals surface area contributed by atoms with Crippen molar-refractivity contribution in [3.8, 4) is 0 Å². The molecule has 3 heteroatoms. The predicted molar refractivity (Wildman–Crippen MR) is 99.9 cm³/mol. The van der Waals surface area contributed by atoms with Gasteiger partial charge in [0, 0.05) is 0 Å². The van der Waals surface area contributed by atoms with E-state index in [-0.39, 0.29) is 5.97 Å². The third-order valence-electron chi connectivity index (χ3n) is 4.77. The number of aliphatic hydroxyl groups is 1. The Bertz CT molecular complexity index is 387. The molecule has 1 saturated heterocycles. The van der Waals surface area contributed by atoms with Crippen molar-refractivity contribution in [2.75, 3.05) is 0 Å². The van der Waals surface area contributed by atoms with Gasteiger partial charge in [-0.1, -0.05) is 69.9 Å². The smallest absolute Gasteiger partial charge is 0.336 e. The van der Waals surface area contributed by atoms with Crippen molar-refractivity contribution in [3.05, 3.63) is 24.3 Å². The minimum Gasteiger partial charge on any atom is -0.456 e. The van der Waals surface area contributed by atoms with Crippen LogP contribution < -0.4 is 0 Å². The van der Waals surface area contributed by atoms with Crippen molar-refractivity contribution in [1.82, 2.24) is 0 Å². The number of rotatable bonds is 14. The van der Waals surface area contributed by atoms with Crippen LogP contribution >= 0.6 is 0 Å². The number of ether oxygens (including phenoxy) is 1. The SMILES string of the molecule is C=CCCCCCCCCCCCCC/C=C1\C(=O)O[C@@H](C)[C@H]1O. The number of hydrogen-bond acceptors (Lipinski definition) is 3. The predicted octanol–water partition coefficient (Wildman–Crippen LogP) is 5.48. The molecule has 1 rings (SSSR count). The van der Waals surface area contributed by atoms with Crippen LogP contribution in [0.4, 0.5) is 0 Å². The van der Waals surface area contributed by atoms with E-state index in [0.29, 0.717) is 5.57 Å². The normalized spacial score (nSPS) is 22.1. The third-order valence-corrected chi connectivity index (χ3v) is 4.77. The highest BCUT2D eigenvalue weighted by Crippen LogP contribution is 2.22. The van der Waals surface area contributed by atoms with Gasteiger partial charge in [-0.25, -0.2) is 4.79 Å². The fourth-order valence-electron chi connectivity index (χ4n) is 3.16. The van der Waals surface area contributed by atoms with E-state index in [2.05, 4.69) is 6.58 Å². The Balaban J connectivity index is 1.87. The zero-order chi connectivity index (χ0) is 17.6. The zero-order valence-corrected chi connectivity index (χ0v) is 15.5. The van der Waals surface area contributed by atoms with Crippen LogP contribution in [0.3, 0.4) is 0 Å². The minimum absolute atomic E-state index is 0.348. The van der Waals surface area contributed by atoms with Gasteiger partial charge in [0.1, 0.15) is 12.2 Å². The highest BCUT2D eigenvalue weighted by atomic mass is 16.6. The average molecular weight is 337 g/mol. The molecule has 0 saturated carbocycles. The quantitative estimate of drug-likeness (QED) is 0.198. The van der Waals surface area contributed by atoms with Crippen molar-refractivity contribution >= 4 is 5.97 Å². The topological polar surface area (TPSA) is 46.5 Å². The van der Waals surface area contributed by atoms with Crippen LogP contribution in [0.25, 0.3) is 0 Å². The number of cyclic esters (lactones) is 1. The Labute approximate surface area is 148 Å². The summed E-state index contributed by atoms with van der Waals surface area (Å²) in [5.41, 5.74) is 0.454. The summed E-state index contributed by atoms with van der Waals surface area (Å²) in [7, 11) is 0. The van der Waals surface area contributed by atoms with E-state index in [1.165, 1.54) is 64.2 Å². The highest BCUT2D eigenvalue weighted by Gasteiger charge is 2.34. The molecule has 0 aromatic heterocycles. The van der Waals surface area contributed by atoms with E-state index in [0.717, 1.165) is 19.3 Å². The van der Waals surface area contributed by atoms with Crippen LogP contribution in [0.2, 0.25) is 0 Å². The Morgan fingerprint density at radius 2 is 1.38 bits per heavy atom. The number of unbranched alkanes of at least 4 members (excludes halogenated alkanes) is 12. The molecule has 0 radical (unpaired) electrons. The van der Waals surface area contributed by atoms with Gasteiger partial charge in [-0.3, -0.25) is 0 Å². The van der Waals surface area contributed by atoms with E-state index in [1.807, 2.05) is 12.2 Å². The number of carbonyl (C=O) groups is 1. The van der Waals surface area contributed by atoms with Crippen LogP contribution in [0.15, 0.2) is 24.3 Å². The maximum atomic E-state index is 11.5. The van der Waals surface area contributed by atoms with Crippen molar-refractivity contribution in [2.24, 2.45) is 0 Å². The fourth-order valence-corrected chi connectivity index (χ4v) is 3.16. The Morgan fingerprint density at radius 3 is 1.79 bits per heavy atom. The molecule has 0 aromatic rings. The number of allylic oxidation sites excluding steroid dienone is 2. The average Bonchev–Trinajstić information content (AvgIpc) is 2.81. The molecule has 0 aromatic carbocycles. The molecule has 24 heavy (non-hydrogen) atoms. The van der Waals surface area contributed by atoms with Crippen LogP contribution in [0, 0.1) is 0 Å². The zero-order valence-electron chi connectivity index (χ0n) is 15.5. The summed E-state index contributed by atoms with van der Waals surface area (Å²) in [6.45, 7) is 5.48. The molecule has 1 fully saturated rings. The van der Waals surface area contributed by atoms with Gasteiger partial charge in [-0.05, 0) is 32.6 Å². The summed E-state index contributed by atoms with van der Waals surface area (Å²) in [5.74, 6) is -0.348. The molecule has 138 valence electrons. The molecule has 1 aliphatic rings. The van der Waals surface area contributed by atoms with E-state index in [4.69, 9.17) is 4.74 Å². The largest absolute Gasteiger partial charge is 0.456 e. The molecule has 1 heterocycles. The lowest BCUT2D eigenvalue weighted by atomic mass is 10.0. The van der Waals surface area contributed by atoms with Gasteiger partial charge >= 0.3 is 5.97 Å². The standard InChI is InChI=1S/C21H36O3/c1-3-4-5-6-7-8-9-10-11-12-13-14-15-16-17-19-20(22)18(2)24-21(19)23/h3,17-18,20,22H,1,4-16H2,2H3/b19-17-/t18-,20+/m0/s1. The molecule has 0 bridgehead atoms. The lowest BCUT2D eigenvalue weighted by Crippen LogP contribution is -2.17. The molecule has 0 amide bonds. The third kappa shape index (κ3) is 8.68. The van der Waals surface area contributed by atoms with Gasteiger partial charge in [0.25, 0.3) is 0 Å². The first kappa shape index (κ1) is 21.0. The lowest BCUT2D eigenvalue weighted by molar-refractivity contribution is -0.138. The van der Waals surface area contributed by atoms with Crippen molar-refractivity contribution in [1.29, 1.82) is 0 Å². The van der Waals surface area contributed by atoms with E-state index in [9.17, 15) is 9.90 Å². The summed E-state index contributed by atoms with van der Waals surface area (Å²) in [6, 6.07) is 0. The molecule has 0 aliphatic carbocycles. The molecule has 0 spiro atoms. The molecule has 3 nitrogen and oxygen atoms in total. The van der Waals surface area contributed by atoms with Gasteiger partial charge in [-0.15, -0.1) is 6.58 Å². The van der Waals surface area contributed by atoms with Gasteiger partial charge < -0.3 is 9.84 Å². The summed E-state index contributed by atoms with van der Waals surface area (Å²) < 4.78 is 4.99. The molecular formula is C21H36O3. The van der Waals surface area contributed by atoms with E-state index < -0.39 is 12.2 Å². The van der Waals surface area contributed by atoms with Crippen LogP contribution in [0.1, 0.15) is 90.4 Å². The number of carbonyl (C=O) groups excluding carboxylic acids is 1. The number of hydrogen-bond donors (Lipinski definition) is 1. The van der Waals surface area contributed by atoms with Crippen LogP contribution in [0.5, 0.6) is 0 Å². The highest BCUT2D eigenvalue weighted by molar-refractivity contribution is 5.92. The summed E-state index contributed by atoms with van der Waals surface area (Å²) in [6.07, 6.45) is 19.1. The second-order valence-electron chi connectivity index (χ2n) is 6.97. The van der Waals surface area contributed by atoms with Crippen molar-refractivity contribution in [3.63, 3.8) is 0 Å². The molecular weight excluding hydrogens is 300 g/mol. The van der Waals surface area contributed by atoms with Crippen LogP contribution in [-0.4, -0.2) is 23.3 Å². The monoisotopic (exact) mass is 336 g/mol. The van der Waals surface area contributed by atoms with E-state index in [1.54, 1.807) is 6.92 Å². The maximum Gasteiger partial charge on any atom is 0.336 e. The Kier molecular flexibility index (Phi) is 11.5. The van der Waals surface area contributed by atoms with E-state index >= 15 is 0 Å². The number of aliphatic hydroxyl groups excluding tert-OH is 1. The van der Waals surface area contributed by atoms with Gasteiger partial charge in [-0.2, -0.15) is 0 Å². The van der Waals surface area contributed by atoms with Gasteiger partial charge in [0.15, 0.2) is 0 Å². The first-order chi connectivity index (χ1) is 11.7. The first-order valence-electron chi connectivity index (χ1n) is 9.86. The second kappa shape index (κ2) is 13.2. The van der Waals surface area contributed by atoms with Crippen molar-refractivity contribution < 1.29 is 14.6 Å². The molecule has 1 aliphatic heterocycles. The molecule has 1 N–H and O–H groups in total. The molecule has 0 unspecified atom stereocenters. The lowest BCUT2D eigenvalue weighted by Gasteiger charge is -2.05. The molecule has 2 atom stereocenters. The van der Waals surface area contributed by atoms with Crippen molar-refractivity contribution in [2.45, 2.75) is 103 Å². The summed E-state index contributed by atoms with van der Waals surface area (Å²) in [5, 5.41) is 9.81. The minimum atomic E-state index is -0.741. The Morgan fingerprint density at radius 1 is 0.917 bits per heavy atom. The summed E-state index contributed by atoms with van der Waals surface area (Å²) >= 11 is 0. The summed E-state index contributed by atoms with van der Waals surface area (Å²) in [4.78, 5) is 11.5. The fraction of sp³-hybridized carbons (Fsp3) is 0.762. The second-order valence-corrected chi connectivity index (χ2v) is 6.97. The van der Waals surface area contributed by atoms with Gasteiger partial charge in [0.05, 0.1) is 5.57 Å². The van der Waals surface area contributed by atoms with Gasteiger partial charge in [0.2, 0.25) is 0 Å².